The largest absolute Gasteiger partial charge is 0.338 e. The minimum atomic E-state index is 0.0572. The van der Waals surface area contributed by atoms with Crippen LogP contribution in [0.15, 0.2) is 12.3 Å². The second-order valence-electron chi connectivity index (χ2n) is 5.86. The second-order valence-corrected chi connectivity index (χ2v) is 5.86. The van der Waals surface area contributed by atoms with Crippen molar-refractivity contribution < 1.29 is 4.79 Å². The predicted octanol–water partition coefficient (Wildman–Crippen LogP) is 2.34. The monoisotopic (exact) mass is 247 g/mol. The summed E-state index contributed by atoms with van der Waals surface area (Å²) in [7, 11) is 0. The molecule has 18 heavy (non-hydrogen) atoms. The van der Waals surface area contributed by atoms with E-state index < -0.39 is 0 Å². The fraction of sp³-hybridized carbons (Fsp3) is 0.571. The van der Waals surface area contributed by atoms with Crippen LogP contribution in [0.2, 0.25) is 0 Å². The highest BCUT2D eigenvalue weighted by Crippen LogP contribution is 2.30. The van der Waals surface area contributed by atoms with Gasteiger partial charge in [0.2, 0.25) is 5.91 Å². The zero-order chi connectivity index (χ0) is 13.3. The van der Waals surface area contributed by atoms with Crippen molar-refractivity contribution in [3.05, 3.63) is 23.5 Å². The highest BCUT2D eigenvalue weighted by atomic mass is 16.2. The van der Waals surface area contributed by atoms with Gasteiger partial charge in [0.25, 0.3) is 0 Å². The summed E-state index contributed by atoms with van der Waals surface area (Å²) in [4.78, 5) is 13.3. The van der Waals surface area contributed by atoms with E-state index in [0.29, 0.717) is 6.54 Å². The van der Waals surface area contributed by atoms with Crippen molar-refractivity contribution in [1.82, 2.24) is 15.1 Å². The molecule has 1 amide bonds. The van der Waals surface area contributed by atoms with Gasteiger partial charge in [0.1, 0.15) is 0 Å². The van der Waals surface area contributed by atoms with Gasteiger partial charge in [0.15, 0.2) is 0 Å². The molecule has 4 heteroatoms. The van der Waals surface area contributed by atoms with Crippen LogP contribution in [0.3, 0.4) is 0 Å². The molecule has 0 radical (unpaired) electrons. The molecule has 0 atom stereocenters. The van der Waals surface area contributed by atoms with Crippen molar-refractivity contribution in [3.63, 3.8) is 0 Å². The molecular formula is C14H21N3O. The van der Waals surface area contributed by atoms with Crippen LogP contribution in [-0.4, -0.2) is 34.1 Å². The zero-order valence-corrected chi connectivity index (χ0v) is 11.6. The Hall–Kier alpha value is -1.58. The normalized spacial score (nSPS) is 16.7. The maximum Gasteiger partial charge on any atom is 0.219 e. The number of carbonyl (C=O) groups excluding carboxylic acids is 1. The van der Waals surface area contributed by atoms with Gasteiger partial charge in [0.05, 0.1) is 5.69 Å². The summed E-state index contributed by atoms with van der Waals surface area (Å²) in [5.41, 5.74) is 3.43. The standard InChI is InChI=1S/C14H21N3O/c1-10(18)17-7-5-6-11(9-17)13-12(8-15-16-13)14(2,3)4/h6,8H,5,7,9H2,1-4H3,(H,15,16). The van der Waals surface area contributed by atoms with Gasteiger partial charge in [-0.3, -0.25) is 9.89 Å². The highest BCUT2D eigenvalue weighted by Gasteiger charge is 2.25. The van der Waals surface area contributed by atoms with E-state index in [4.69, 9.17) is 0 Å². The summed E-state index contributed by atoms with van der Waals surface area (Å²) in [5.74, 6) is 0.133. The Morgan fingerprint density at radius 3 is 2.78 bits per heavy atom. The smallest absolute Gasteiger partial charge is 0.219 e. The molecule has 0 saturated carbocycles. The Balaban J connectivity index is 2.30. The molecule has 1 N–H and O–H groups in total. The first-order chi connectivity index (χ1) is 8.39. The molecule has 0 fully saturated rings. The van der Waals surface area contributed by atoms with Crippen molar-refractivity contribution in [2.75, 3.05) is 13.1 Å². The Morgan fingerprint density at radius 1 is 1.44 bits per heavy atom. The van der Waals surface area contributed by atoms with Gasteiger partial charge >= 0.3 is 0 Å². The van der Waals surface area contributed by atoms with Crippen molar-refractivity contribution in [2.24, 2.45) is 0 Å². The molecule has 98 valence electrons. The number of hydrogen-bond donors (Lipinski definition) is 1. The quantitative estimate of drug-likeness (QED) is 0.828. The molecule has 0 spiro atoms. The van der Waals surface area contributed by atoms with Gasteiger partial charge in [-0.1, -0.05) is 26.8 Å². The van der Waals surface area contributed by atoms with Crippen LogP contribution in [0.1, 0.15) is 45.4 Å². The number of aromatic nitrogens is 2. The van der Waals surface area contributed by atoms with E-state index >= 15 is 0 Å². The van der Waals surface area contributed by atoms with Crippen LogP contribution in [0.4, 0.5) is 0 Å². The fourth-order valence-corrected chi connectivity index (χ4v) is 2.29. The zero-order valence-electron chi connectivity index (χ0n) is 11.6. The Bertz CT molecular complexity index is 479. The van der Waals surface area contributed by atoms with Crippen LogP contribution in [-0.2, 0) is 10.2 Å². The molecule has 2 heterocycles. The number of nitrogens with one attached hydrogen (secondary N) is 1. The van der Waals surface area contributed by atoms with Crippen LogP contribution in [0.5, 0.6) is 0 Å². The average molecular weight is 247 g/mol. The van der Waals surface area contributed by atoms with Crippen molar-refractivity contribution in [3.8, 4) is 0 Å². The van der Waals surface area contributed by atoms with Gasteiger partial charge in [-0.2, -0.15) is 5.10 Å². The average Bonchev–Trinajstić information content (AvgIpc) is 2.77. The summed E-state index contributed by atoms with van der Waals surface area (Å²) >= 11 is 0. The molecule has 0 unspecified atom stereocenters. The number of H-pyrrole nitrogens is 1. The van der Waals surface area contributed by atoms with Crippen LogP contribution in [0, 0.1) is 0 Å². The fourth-order valence-electron chi connectivity index (χ4n) is 2.29. The Labute approximate surface area is 108 Å². The van der Waals surface area contributed by atoms with E-state index in [0.717, 1.165) is 24.2 Å². The van der Waals surface area contributed by atoms with Gasteiger partial charge in [-0.05, 0) is 17.4 Å². The number of aromatic amines is 1. The molecule has 0 bridgehead atoms. The number of hydrogen-bond acceptors (Lipinski definition) is 2. The third kappa shape index (κ3) is 2.47. The summed E-state index contributed by atoms with van der Waals surface area (Å²) in [5, 5.41) is 7.32. The lowest BCUT2D eigenvalue weighted by Crippen LogP contribution is -2.34. The van der Waals surface area contributed by atoms with E-state index in [2.05, 4.69) is 37.0 Å². The van der Waals surface area contributed by atoms with Crippen molar-refractivity contribution in [1.29, 1.82) is 0 Å². The van der Waals surface area contributed by atoms with Crippen LogP contribution < -0.4 is 0 Å². The van der Waals surface area contributed by atoms with E-state index in [1.807, 2.05) is 11.1 Å². The third-order valence-corrected chi connectivity index (χ3v) is 3.35. The molecule has 1 aromatic heterocycles. The predicted molar refractivity (Wildman–Crippen MR) is 72.1 cm³/mol. The maximum atomic E-state index is 11.5. The van der Waals surface area contributed by atoms with Gasteiger partial charge in [0, 0.05) is 31.8 Å². The summed E-state index contributed by atoms with van der Waals surface area (Å²) < 4.78 is 0. The first-order valence-electron chi connectivity index (χ1n) is 6.39. The third-order valence-electron chi connectivity index (χ3n) is 3.35. The van der Waals surface area contributed by atoms with E-state index in [1.165, 1.54) is 5.56 Å². The molecular weight excluding hydrogens is 226 g/mol. The molecule has 1 aliphatic rings. The van der Waals surface area contributed by atoms with Crippen LogP contribution in [0.25, 0.3) is 5.57 Å². The highest BCUT2D eigenvalue weighted by molar-refractivity contribution is 5.78. The molecule has 4 nitrogen and oxygen atoms in total. The van der Waals surface area contributed by atoms with E-state index in [1.54, 1.807) is 6.92 Å². The molecule has 2 rings (SSSR count). The van der Waals surface area contributed by atoms with Crippen molar-refractivity contribution in [2.45, 2.75) is 39.5 Å². The minimum absolute atomic E-state index is 0.0572. The first-order valence-corrected chi connectivity index (χ1v) is 6.39. The topological polar surface area (TPSA) is 49.0 Å². The van der Waals surface area contributed by atoms with Gasteiger partial charge in [-0.15, -0.1) is 0 Å². The number of amides is 1. The number of nitrogens with zero attached hydrogens (tertiary/aromatic N) is 2. The SMILES string of the molecule is CC(=O)N1CCC=C(c2n[nH]cc2C(C)(C)C)C1. The first kappa shape index (κ1) is 12.9. The van der Waals surface area contributed by atoms with Gasteiger partial charge < -0.3 is 4.90 Å². The van der Waals surface area contributed by atoms with E-state index in [9.17, 15) is 4.79 Å². The lowest BCUT2D eigenvalue weighted by Gasteiger charge is -2.27. The maximum absolute atomic E-state index is 11.5. The van der Waals surface area contributed by atoms with Crippen molar-refractivity contribution >= 4 is 11.5 Å². The molecule has 1 aliphatic heterocycles. The van der Waals surface area contributed by atoms with Gasteiger partial charge in [-0.25, -0.2) is 0 Å². The minimum Gasteiger partial charge on any atom is -0.338 e. The summed E-state index contributed by atoms with van der Waals surface area (Å²) in [6.45, 7) is 9.63. The molecule has 0 saturated heterocycles. The van der Waals surface area contributed by atoms with Crippen LogP contribution >= 0.6 is 0 Å². The molecule has 1 aromatic rings. The Morgan fingerprint density at radius 2 is 2.17 bits per heavy atom. The molecule has 0 aliphatic carbocycles. The number of carbonyl (C=O) groups is 1. The lowest BCUT2D eigenvalue weighted by atomic mass is 9.85. The number of rotatable bonds is 1. The lowest BCUT2D eigenvalue weighted by molar-refractivity contribution is -0.128. The summed E-state index contributed by atoms with van der Waals surface area (Å²) in [6.07, 6.45) is 5.07. The summed E-state index contributed by atoms with van der Waals surface area (Å²) in [6, 6.07) is 0. The van der Waals surface area contributed by atoms with E-state index in [-0.39, 0.29) is 11.3 Å². The molecule has 0 aromatic carbocycles. The second kappa shape index (κ2) is 4.59. The Kier molecular flexibility index (Phi) is 3.28.